The van der Waals surface area contributed by atoms with Crippen molar-refractivity contribution in [1.82, 2.24) is 10.2 Å². The van der Waals surface area contributed by atoms with E-state index >= 15 is 0 Å². The highest BCUT2D eigenvalue weighted by molar-refractivity contribution is 6.16. The fourth-order valence-corrected chi connectivity index (χ4v) is 1.42. The Morgan fingerprint density at radius 3 is 2.59 bits per heavy atom. The monoisotopic (exact) mass is 244 g/mol. The number of anilines is 1. The molecule has 0 N–H and O–H groups in total. The predicted molar refractivity (Wildman–Crippen MR) is 52.2 cm³/mol. The number of aromatic nitrogens is 2. The van der Waals surface area contributed by atoms with Gasteiger partial charge < -0.3 is 0 Å². The molecule has 1 atom stereocenters. The Labute approximate surface area is 93.9 Å². The van der Waals surface area contributed by atoms with Crippen molar-refractivity contribution in [1.29, 1.82) is 0 Å². The van der Waals surface area contributed by atoms with Crippen LogP contribution < -0.4 is 5.01 Å². The Morgan fingerprint density at radius 2 is 2.12 bits per heavy atom. The molecule has 1 aromatic heterocycles. The first-order valence-electron chi connectivity index (χ1n) is 4.68. The third kappa shape index (κ3) is 1.97. The molecule has 1 aliphatic rings. The van der Waals surface area contributed by atoms with Crippen LogP contribution in [-0.4, -0.2) is 28.0 Å². The zero-order valence-corrected chi connectivity index (χ0v) is 8.64. The highest BCUT2D eigenvalue weighted by Gasteiger charge is 2.48. The van der Waals surface area contributed by atoms with Gasteiger partial charge in [-0.1, -0.05) is 0 Å². The van der Waals surface area contributed by atoms with Crippen LogP contribution in [0.1, 0.15) is 6.92 Å². The Balaban J connectivity index is 2.39. The zero-order valence-electron chi connectivity index (χ0n) is 8.64. The molecule has 0 bridgehead atoms. The first-order valence-corrected chi connectivity index (χ1v) is 4.68. The molecule has 5 nitrogen and oxygen atoms in total. The second kappa shape index (κ2) is 3.79. The van der Waals surface area contributed by atoms with Gasteiger partial charge in [-0.15, -0.1) is 5.10 Å². The molecule has 17 heavy (non-hydrogen) atoms. The van der Waals surface area contributed by atoms with Crippen molar-refractivity contribution < 1.29 is 18.0 Å². The third-order valence-corrected chi connectivity index (χ3v) is 2.26. The first-order chi connectivity index (χ1) is 7.91. The van der Waals surface area contributed by atoms with E-state index in [9.17, 15) is 18.0 Å². The molecule has 8 heteroatoms. The number of hydrogen-bond donors (Lipinski definition) is 0. The average molecular weight is 244 g/mol. The zero-order chi connectivity index (χ0) is 12.6. The molecule has 1 aliphatic heterocycles. The lowest BCUT2D eigenvalue weighted by atomic mass is 10.1. The van der Waals surface area contributed by atoms with Crippen LogP contribution in [0.3, 0.4) is 0 Å². The van der Waals surface area contributed by atoms with Crippen LogP contribution in [0, 0.1) is 5.92 Å². The van der Waals surface area contributed by atoms with E-state index in [1.165, 1.54) is 18.3 Å². The molecule has 2 rings (SSSR count). The van der Waals surface area contributed by atoms with Crippen molar-refractivity contribution >= 4 is 17.4 Å². The summed E-state index contributed by atoms with van der Waals surface area (Å²) in [6, 6.07) is 2.82. The summed E-state index contributed by atoms with van der Waals surface area (Å²) >= 11 is 0. The van der Waals surface area contributed by atoms with Gasteiger partial charge in [-0.2, -0.15) is 28.4 Å². The number of amides is 1. The van der Waals surface area contributed by atoms with Gasteiger partial charge in [0.05, 0.1) is 5.92 Å². The van der Waals surface area contributed by atoms with E-state index in [0.29, 0.717) is 5.01 Å². The normalized spacial score (nSPS) is 20.7. The number of nitrogens with zero attached hydrogens (tertiary/aromatic N) is 4. The van der Waals surface area contributed by atoms with Gasteiger partial charge >= 0.3 is 6.18 Å². The summed E-state index contributed by atoms with van der Waals surface area (Å²) in [6.07, 6.45) is -3.27. The van der Waals surface area contributed by atoms with Crippen LogP contribution in [0.4, 0.5) is 19.0 Å². The van der Waals surface area contributed by atoms with E-state index in [1.807, 2.05) is 0 Å². The topological polar surface area (TPSA) is 58.5 Å². The van der Waals surface area contributed by atoms with Crippen molar-refractivity contribution in [2.75, 3.05) is 5.01 Å². The quantitative estimate of drug-likeness (QED) is 0.749. The lowest BCUT2D eigenvalue weighted by Crippen LogP contribution is -2.31. The van der Waals surface area contributed by atoms with Crippen molar-refractivity contribution in [3.05, 3.63) is 18.3 Å². The lowest BCUT2D eigenvalue weighted by molar-refractivity contribution is -0.120. The maximum absolute atomic E-state index is 12.5. The van der Waals surface area contributed by atoms with E-state index in [-0.39, 0.29) is 5.82 Å². The number of hydrazone groups is 1. The third-order valence-electron chi connectivity index (χ3n) is 2.26. The first kappa shape index (κ1) is 11.5. The average Bonchev–Trinajstić information content (AvgIpc) is 2.57. The maximum atomic E-state index is 12.5. The summed E-state index contributed by atoms with van der Waals surface area (Å²) in [4.78, 5) is 11.6. The summed E-state index contributed by atoms with van der Waals surface area (Å²) in [5.41, 5.74) is -1.12. The minimum absolute atomic E-state index is 0.0244. The van der Waals surface area contributed by atoms with Gasteiger partial charge in [0.2, 0.25) is 0 Å². The molecule has 0 fully saturated rings. The molecule has 0 saturated heterocycles. The second-order valence-corrected chi connectivity index (χ2v) is 3.44. The Kier molecular flexibility index (Phi) is 2.56. The van der Waals surface area contributed by atoms with Crippen LogP contribution in [0.5, 0.6) is 0 Å². The fourth-order valence-electron chi connectivity index (χ4n) is 1.42. The lowest BCUT2D eigenvalue weighted by Gasteiger charge is -2.09. The molecular formula is C9H7F3N4O. The van der Waals surface area contributed by atoms with E-state index in [4.69, 9.17) is 0 Å². The smallest absolute Gasteiger partial charge is 0.272 e. The van der Waals surface area contributed by atoms with Crippen LogP contribution in [-0.2, 0) is 4.79 Å². The SMILES string of the molecule is CC1C(=O)N(c2cccnn2)N=C1C(F)(F)F. The molecule has 0 aliphatic carbocycles. The second-order valence-electron chi connectivity index (χ2n) is 3.44. The summed E-state index contributed by atoms with van der Waals surface area (Å²) in [5, 5.41) is 10.9. The highest BCUT2D eigenvalue weighted by Crippen LogP contribution is 2.30. The van der Waals surface area contributed by atoms with Crippen LogP contribution in [0.2, 0.25) is 0 Å². The van der Waals surface area contributed by atoms with E-state index in [1.54, 1.807) is 0 Å². The molecule has 1 amide bonds. The van der Waals surface area contributed by atoms with Gasteiger partial charge in [-0.25, -0.2) is 0 Å². The molecule has 1 unspecified atom stereocenters. The number of hydrogen-bond acceptors (Lipinski definition) is 4. The van der Waals surface area contributed by atoms with E-state index < -0.39 is 23.7 Å². The number of carbonyl (C=O) groups is 1. The Bertz CT molecular complexity index is 471. The van der Waals surface area contributed by atoms with Crippen molar-refractivity contribution in [3.8, 4) is 0 Å². The molecule has 90 valence electrons. The van der Waals surface area contributed by atoms with Crippen molar-refractivity contribution in [2.45, 2.75) is 13.1 Å². The molecule has 0 aromatic carbocycles. The summed E-state index contributed by atoms with van der Waals surface area (Å²) < 4.78 is 37.6. The van der Waals surface area contributed by atoms with E-state index in [2.05, 4.69) is 15.3 Å². The number of alkyl halides is 3. The minimum Gasteiger partial charge on any atom is -0.272 e. The van der Waals surface area contributed by atoms with Crippen LogP contribution in [0.25, 0.3) is 0 Å². The van der Waals surface area contributed by atoms with Crippen LogP contribution in [0.15, 0.2) is 23.4 Å². The molecule has 0 saturated carbocycles. The molecule has 0 spiro atoms. The Hall–Kier alpha value is -1.99. The van der Waals surface area contributed by atoms with Gasteiger partial charge in [0, 0.05) is 6.20 Å². The molecule has 2 heterocycles. The van der Waals surface area contributed by atoms with Gasteiger partial charge in [-0.3, -0.25) is 4.79 Å². The fraction of sp³-hybridized carbons (Fsp3) is 0.333. The Morgan fingerprint density at radius 1 is 1.41 bits per heavy atom. The maximum Gasteiger partial charge on any atom is 0.432 e. The van der Waals surface area contributed by atoms with Gasteiger partial charge in [0.15, 0.2) is 11.5 Å². The standard InChI is InChI=1S/C9H7F3N4O/c1-5-7(9(10,11)12)15-16(8(5)17)6-3-2-4-13-14-6/h2-5H,1H3. The van der Waals surface area contributed by atoms with Crippen molar-refractivity contribution in [2.24, 2.45) is 11.0 Å². The summed E-state index contributed by atoms with van der Waals surface area (Å²) in [5.74, 6) is -2.11. The molecule has 1 aromatic rings. The number of rotatable bonds is 1. The van der Waals surface area contributed by atoms with E-state index in [0.717, 1.165) is 6.92 Å². The largest absolute Gasteiger partial charge is 0.432 e. The van der Waals surface area contributed by atoms with Gasteiger partial charge in [-0.05, 0) is 19.1 Å². The number of carbonyl (C=O) groups excluding carboxylic acids is 1. The van der Waals surface area contributed by atoms with Crippen molar-refractivity contribution in [3.63, 3.8) is 0 Å². The van der Waals surface area contributed by atoms with Gasteiger partial charge in [0.25, 0.3) is 5.91 Å². The summed E-state index contributed by atoms with van der Waals surface area (Å²) in [7, 11) is 0. The molecular weight excluding hydrogens is 237 g/mol. The van der Waals surface area contributed by atoms with Crippen LogP contribution >= 0.6 is 0 Å². The highest BCUT2D eigenvalue weighted by atomic mass is 19.4. The van der Waals surface area contributed by atoms with Gasteiger partial charge in [0.1, 0.15) is 0 Å². The number of halogens is 3. The minimum atomic E-state index is -4.62. The summed E-state index contributed by atoms with van der Waals surface area (Å²) in [6.45, 7) is 1.16. The molecule has 0 radical (unpaired) electrons. The predicted octanol–water partition coefficient (Wildman–Crippen LogP) is 1.38.